The smallest absolute Gasteiger partial charge is 0.222 e. The van der Waals surface area contributed by atoms with Crippen LogP contribution in [0.4, 0.5) is 0 Å². The molecule has 0 saturated carbocycles. The van der Waals surface area contributed by atoms with E-state index < -0.39 is 0 Å². The van der Waals surface area contributed by atoms with E-state index in [-0.39, 0.29) is 23.7 Å². The van der Waals surface area contributed by atoms with Crippen LogP contribution >= 0.6 is 0 Å². The number of nitrogens with zero attached hydrogens (tertiary/aromatic N) is 2. The predicted octanol–water partition coefficient (Wildman–Crippen LogP) is 2.88. The Bertz CT molecular complexity index is 525. The average Bonchev–Trinajstić information content (AvgIpc) is 2.72. The predicted molar refractivity (Wildman–Crippen MR) is 83.1 cm³/mol. The number of hydrogen-bond acceptors (Lipinski definition) is 2. The molecule has 1 atom stereocenters. The van der Waals surface area contributed by atoms with Crippen LogP contribution in [-0.2, 0) is 11.8 Å². The molecule has 1 aliphatic rings. The summed E-state index contributed by atoms with van der Waals surface area (Å²) >= 11 is 0. The van der Waals surface area contributed by atoms with Gasteiger partial charge in [-0.1, -0.05) is 20.8 Å². The number of Topliss-reactive ketones (excluding diaryl/α,β-unsaturated/α-hetero) is 1. The van der Waals surface area contributed by atoms with Crippen molar-refractivity contribution in [3.63, 3.8) is 0 Å². The minimum atomic E-state index is 0.0186. The molecule has 1 amide bonds. The van der Waals surface area contributed by atoms with Crippen molar-refractivity contribution in [1.29, 1.82) is 0 Å². The zero-order valence-corrected chi connectivity index (χ0v) is 13.6. The molecule has 1 aliphatic heterocycles. The SMILES string of the molecule is Cn1cccc1C(=O)CN1CCC(C(C)(C)C)CCC1=O. The first kappa shape index (κ1) is 15.8. The molecule has 2 rings (SSSR count). The highest BCUT2D eigenvalue weighted by atomic mass is 16.2. The van der Waals surface area contributed by atoms with Crippen molar-refractivity contribution in [1.82, 2.24) is 9.47 Å². The van der Waals surface area contributed by atoms with Gasteiger partial charge in [-0.25, -0.2) is 0 Å². The maximum Gasteiger partial charge on any atom is 0.222 e. The molecule has 116 valence electrons. The zero-order valence-electron chi connectivity index (χ0n) is 13.6. The number of likely N-dealkylation sites (tertiary alicyclic amines) is 1. The highest BCUT2D eigenvalue weighted by Crippen LogP contribution is 2.34. The van der Waals surface area contributed by atoms with Gasteiger partial charge in [0.25, 0.3) is 0 Å². The van der Waals surface area contributed by atoms with Crippen molar-refractivity contribution in [2.24, 2.45) is 18.4 Å². The van der Waals surface area contributed by atoms with Crippen molar-refractivity contribution in [2.75, 3.05) is 13.1 Å². The van der Waals surface area contributed by atoms with E-state index in [0.29, 0.717) is 24.6 Å². The second-order valence-corrected chi connectivity index (χ2v) is 7.13. The number of hydrogen-bond donors (Lipinski definition) is 0. The first-order valence-electron chi connectivity index (χ1n) is 7.71. The van der Waals surface area contributed by atoms with Crippen LogP contribution in [0.25, 0.3) is 0 Å². The van der Waals surface area contributed by atoms with Crippen molar-refractivity contribution in [3.05, 3.63) is 24.0 Å². The van der Waals surface area contributed by atoms with Gasteiger partial charge in [0.05, 0.1) is 12.2 Å². The van der Waals surface area contributed by atoms with Crippen molar-refractivity contribution in [2.45, 2.75) is 40.0 Å². The van der Waals surface area contributed by atoms with E-state index in [2.05, 4.69) is 20.8 Å². The van der Waals surface area contributed by atoms with Crippen molar-refractivity contribution >= 4 is 11.7 Å². The van der Waals surface area contributed by atoms with Crippen LogP contribution in [0.3, 0.4) is 0 Å². The number of amides is 1. The second-order valence-electron chi connectivity index (χ2n) is 7.13. The summed E-state index contributed by atoms with van der Waals surface area (Å²) in [5, 5.41) is 0. The third kappa shape index (κ3) is 3.74. The number of rotatable bonds is 3. The van der Waals surface area contributed by atoms with E-state index in [4.69, 9.17) is 0 Å². The van der Waals surface area contributed by atoms with Gasteiger partial charge in [0.15, 0.2) is 5.78 Å². The van der Waals surface area contributed by atoms with Gasteiger partial charge in [-0.15, -0.1) is 0 Å². The Morgan fingerprint density at radius 1 is 1.33 bits per heavy atom. The Labute approximate surface area is 127 Å². The van der Waals surface area contributed by atoms with E-state index in [1.807, 2.05) is 29.9 Å². The first-order valence-corrected chi connectivity index (χ1v) is 7.71. The Hall–Kier alpha value is -1.58. The lowest BCUT2D eigenvalue weighted by Gasteiger charge is -2.29. The molecule has 4 heteroatoms. The summed E-state index contributed by atoms with van der Waals surface area (Å²) in [6.45, 7) is 7.58. The molecule has 0 radical (unpaired) electrons. The van der Waals surface area contributed by atoms with Crippen LogP contribution in [0, 0.1) is 11.3 Å². The summed E-state index contributed by atoms with van der Waals surface area (Å²) in [5.74, 6) is 0.672. The Morgan fingerprint density at radius 2 is 2.05 bits per heavy atom. The molecule has 0 N–H and O–H groups in total. The molecule has 0 aliphatic carbocycles. The van der Waals surface area contributed by atoms with E-state index in [9.17, 15) is 9.59 Å². The van der Waals surface area contributed by atoms with E-state index in [1.165, 1.54) is 0 Å². The number of carbonyl (C=O) groups is 2. The van der Waals surface area contributed by atoms with Crippen LogP contribution in [0.5, 0.6) is 0 Å². The molecule has 1 aromatic rings. The minimum absolute atomic E-state index is 0.0186. The number of ketones is 1. The fraction of sp³-hybridized carbons (Fsp3) is 0.647. The normalized spacial score (nSPS) is 20.5. The first-order chi connectivity index (χ1) is 9.79. The molecular formula is C17H26N2O2. The molecule has 0 bridgehead atoms. The van der Waals surface area contributed by atoms with Gasteiger partial charge in [-0.3, -0.25) is 9.59 Å². The quantitative estimate of drug-likeness (QED) is 0.803. The lowest BCUT2D eigenvalue weighted by molar-refractivity contribution is -0.130. The second kappa shape index (κ2) is 6.04. The molecule has 21 heavy (non-hydrogen) atoms. The summed E-state index contributed by atoms with van der Waals surface area (Å²) in [6.07, 6.45) is 4.32. The fourth-order valence-electron chi connectivity index (χ4n) is 3.07. The van der Waals surface area contributed by atoms with Crippen LogP contribution in [0.2, 0.25) is 0 Å². The standard InChI is InChI=1S/C17H26N2O2/c1-17(2,3)13-7-8-16(21)19(11-9-13)12-15(20)14-6-5-10-18(14)4/h5-6,10,13H,7-9,11-12H2,1-4H3. The summed E-state index contributed by atoms with van der Waals surface area (Å²) in [7, 11) is 1.85. The van der Waals surface area contributed by atoms with Gasteiger partial charge < -0.3 is 9.47 Å². The van der Waals surface area contributed by atoms with E-state index in [1.54, 1.807) is 4.90 Å². The molecule has 1 fully saturated rings. The van der Waals surface area contributed by atoms with Crippen LogP contribution in [0.15, 0.2) is 18.3 Å². The van der Waals surface area contributed by atoms with Crippen LogP contribution in [-0.4, -0.2) is 34.2 Å². The lowest BCUT2D eigenvalue weighted by Crippen LogP contribution is -2.36. The van der Waals surface area contributed by atoms with Crippen molar-refractivity contribution in [3.8, 4) is 0 Å². The largest absolute Gasteiger partial charge is 0.348 e. The molecule has 0 spiro atoms. The van der Waals surface area contributed by atoms with Crippen molar-refractivity contribution < 1.29 is 9.59 Å². The molecule has 1 saturated heterocycles. The van der Waals surface area contributed by atoms with Crippen LogP contribution in [0.1, 0.15) is 50.5 Å². The third-order valence-electron chi connectivity index (χ3n) is 4.60. The highest BCUT2D eigenvalue weighted by Gasteiger charge is 2.30. The number of aromatic nitrogens is 1. The summed E-state index contributed by atoms with van der Waals surface area (Å²) in [6, 6.07) is 3.66. The zero-order chi connectivity index (χ0) is 15.6. The van der Waals surface area contributed by atoms with Gasteiger partial charge in [-0.05, 0) is 36.3 Å². The maximum atomic E-state index is 12.3. The third-order valence-corrected chi connectivity index (χ3v) is 4.60. The van der Waals surface area contributed by atoms with Gasteiger partial charge >= 0.3 is 0 Å². The highest BCUT2D eigenvalue weighted by molar-refractivity contribution is 5.98. The van der Waals surface area contributed by atoms with E-state index >= 15 is 0 Å². The average molecular weight is 290 g/mol. The Morgan fingerprint density at radius 3 is 2.62 bits per heavy atom. The number of carbonyl (C=O) groups excluding carboxylic acids is 2. The van der Waals surface area contributed by atoms with Gasteiger partial charge in [0.2, 0.25) is 5.91 Å². The Kier molecular flexibility index (Phi) is 4.55. The topological polar surface area (TPSA) is 42.3 Å². The minimum Gasteiger partial charge on any atom is -0.348 e. The summed E-state index contributed by atoms with van der Waals surface area (Å²) in [4.78, 5) is 26.3. The van der Waals surface area contributed by atoms with Gasteiger partial charge in [0.1, 0.15) is 0 Å². The van der Waals surface area contributed by atoms with E-state index in [0.717, 1.165) is 12.8 Å². The fourth-order valence-corrected chi connectivity index (χ4v) is 3.07. The molecule has 2 heterocycles. The number of aryl methyl sites for hydroxylation is 1. The lowest BCUT2D eigenvalue weighted by atomic mass is 9.77. The molecule has 4 nitrogen and oxygen atoms in total. The molecule has 1 aromatic heterocycles. The summed E-state index contributed by atoms with van der Waals surface area (Å²) in [5.41, 5.74) is 0.887. The monoisotopic (exact) mass is 290 g/mol. The van der Waals surface area contributed by atoms with Crippen LogP contribution < -0.4 is 0 Å². The van der Waals surface area contributed by atoms with Gasteiger partial charge in [-0.2, -0.15) is 0 Å². The molecular weight excluding hydrogens is 264 g/mol. The van der Waals surface area contributed by atoms with Gasteiger partial charge in [0, 0.05) is 26.2 Å². The molecule has 0 aromatic carbocycles. The maximum absolute atomic E-state index is 12.3. The summed E-state index contributed by atoms with van der Waals surface area (Å²) < 4.78 is 1.81. The molecule has 1 unspecified atom stereocenters. The Balaban J connectivity index is 2.02.